The Hall–Kier alpha value is -3.24. The molecule has 188 valence electrons. The molecule has 0 unspecified atom stereocenters. The second-order valence-corrected chi connectivity index (χ2v) is 5.93. The first kappa shape index (κ1) is 34.4. The van der Waals surface area contributed by atoms with Crippen molar-refractivity contribution < 1.29 is 43.6 Å². The summed E-state index contributed by atoms with van der Waals surface area (Å²) in [6.07, 6.45) is 8.12. The summed E-state index contributed by atoms with van der Waals surface area (Å²) < 4.78 is 14.2. The van der Waals surface area contributed by atoms with Crippen molar-refractivity contribution in [3.05, 3.63) is 49.6 Å². The molecule has 10 heteroatoms. The number of ether oxygens (including phenoxy) is 3. The van der Waals surface area contributed by atoms with E-state index >= 15 is 0 Å². The Morgan fingerprint density at radius 3 is 2.00 bits per heavy atom. The van der Waals surface area contributed by atoms with Gasteiger partial charge in [-0.15, -0.1) is 0 Å². The highest BCUT2D eigenvalue weighted by atomic mass is 16.5. The molecule has 0 aliphatic carbocycles. The van der Waals surface area contributed by atoms with Crippen LogP contribution in [0.1, 0.15) is 39.5 Å². The maximum atomic E-state index is 11.1. The molecule has 0 heterocycles. The number of carbonyl (C=O) groups excluding carboxylic acids is 3. The van der Waals surface area contributed by atoms with E-state index in [1.165, 1.54) is 6.08 Å². The quantitative estimate of drug-likeness (QED) is 0.107. The van der Waals surface area contributed by atoms with Crippen molar-refractivity contribution in [2.24, 2.45) is 0 Å². The molecule has 0 aliphatic heterocycles. The molecular formula is C23H37NO9. The van der Waals surface area contributed by atoms with Crippen LogP contribution in [0.15, 0.2) is 49.6 Å². The molecule has 3 N–H and O–H groups in total. The number of carboxylic acid groups (broad SMARTS) is 1. The Labute approximate surface area is 195 Å². The number of rotatable bonds is 15. The number of nitrogens with one attached hydrogen (secondary N) is 1. The van der Waals surface area contributed by atoms with Crippen LogP contribution in [0.5, 0.6) is 0 Å². The van der Waals surface area contributed by atoms with E-state index in [0.29, 0.717) is 13.2 Å². The second kappa shape index (κ2) is 26.8. The molecule has 0 aromatic carbocycles. The lowest BCUT2D eigenvalue weighted by Crippen LogP contribution is -2.23. The number of aliphatic hydroxyl groups is 1. The van der Waals surface area contributed by atoms with Crippen LogP contribution in [-0.4, -0.2) is 67.2 Å². The van der Waals surface area contributed by atoms with Crippen LogP contribution in [0.2, 0.25) is 0 Å². The average Bonchev–Trinajstić information content (AvgIpc) is 2.81. The largest absolute Gasteiger partial charge is 0.478 e. The first-order chi connectivity index (χ1) is 15.7. The average molecular weight is 472 g/mol. The maximum Gasteiger partial charge on any atom is 0.337 e. The predicted octanol–water partition coefficient (Wildman–Crippen LogP) is 2.30. The molecule has 0 bridgehead atoms. The van der Waals surface area contributed by atoms with Gasteiger partial charge in [-0.05, 0) is 25.0 Å². The van der Waals surface area contributed by atoms with Crippen molar-refractivity contribution in [2.45, 2.75) is 39.5 Å². The van der Waals surface area contributed by atoms with Crippen LogP contribution in [0, 0.1) is 0 Å². The summed E-state index contributed by atoms with van der Waals surface area (Å²) in [6, 6.07) is 0. The van der Waals surface area contributed by atoms with E-state index in [1.54, 1.807) is 0 Å². The third-order valence-corrected chi connectivity index (χ3v) is 3.10. The van der Waals surface area contributed by atoms with Crippen molar-refractivity contribution in [1.82, 2.24) is 5.32 Å². The van der Waals surface area contributed by atoms with Crippen LogP contribution in [0.4, 0.5) is 0 Å². The SMILES string of the molecule is C=C(C=CC(=O)O)C(=O)OCCCC.C=CC(=O)NCOCCCC.C=CC(=O)OCCO. The lowest BCUT2D eigenvalue weighted by Gasteiger charge is -2.02. The number of hydrogen-bond acceptors (Lipinski definition) is 8. The number of carbonyl (C=O) groups is 4. The van der Waals surface area contributed by atoms with Crippen molar-refractivity contribution in [3.8, 4) is 0 Å². The van der Waals surface area contributed by atoms with Gasteiger partial charge in [0.05, 0.1) is 18.8 Å². The maximum absolute atomic E-state index is 11.1. The topological polar surface area (TPSA) is 148 Å². The first-order valence-corrected chi connectivity index (χ1v) is 10.3. The van der Waals surface area contributed by atoms with E-state index in [2.05, 4.69) is 36.7 Å². The molecule has 0 saturated carbocycles. The van der Waals surface area contributed by atoms with Gasteiger partial charge >= 0.3 is 17.9 Å². The molecule has 1 amide bonds. The molecule has 0 rings (SSSR count). The van der Waals surface area contributed by atoms with Crippen molar-refractivity contribution in [3.63, 3.8) is 0 Å². The highest BCUT2D eigenvalue weighted by Gasteiger charge is 2.04. The highest BCUT2D eigenvalue weighted by Crippen LogP contribution is 1.98. The fourth-order valence-electron chi connectivity index (χ4n) is 1.36. The van der Waals surface area contributed by atoms with Crippen LogP contribution in [0.3, 0.4) is 0 Å². The monoisotopic (exact) mass is 471 g/mol. The Bertz CT molecular complexity index is 627. The number of aliphatic carboxylic acids is 1. The van der Waals surface area contributed by atoms with Crippen molar-refractivity contribution >= 4 is 23.8 Å². The first-order valence-electron chi connectivity index (χ1n) is 10.3. The molecule has 0 fully saturated rings. The number of amides is 1. The van der Waals surface area contributed by atoms with E-state index in [9.17, 15) is 19.2 Å². The van der Waals surface area contributed by atoms with Crippen LogP contribution >= 0.6 is 0 Å². The zero-order valence-electron chi connectivity index (χ0n) is 19.5. The molecule has 0 atom stereocenters. The molecule has 0 aliphatic rings. The van der Waals surface area contributed by atoms with Gasteiger partial charge in [-0.3, -0.25) is 4.79 Å². The number of hydrogen-bond donors (Lipinski definition) is 3. The minimum Gasteiger partial charge on any atom is -0.478 e. The lowest BCUT2D eigenvalue weighted by molar-refractivity contribution is -0.139. The van der Waals surface area contributed by atoms with Crippen molar-refractivity contribution in [2.75, 3.05) is 33.2 Å². The van der Waals surface area contributed by atoms with E-state index < -0.39 is 17.9 Å². The minimum absolute atomic E-state index is 0.0449. The Balaban J connectivity index is -0.000000426. The summed E-state index contributed by atoms with van der Waals surface area (Å²) in [6.45, 7) is 15.1. The van der Waals surface area contributed by atoms with Gasteiger partial charge in [0.1, 0.15) is 13.3 Å². The van der Waals surface area contributed by atoms with Crippen LogP contribution < -0.4 is 5.32 Å². The molecule has 0 spiro atoms. The number of esters is 2. The Kier molecular flexibility index (Phi) is 27.9. The van der Waals surface area contributed by atoms with Gasteiger partial charge in [0.25, 0.3) is 0 Å². The van der Waals surface area contributed by atoms with Crippen LogP contribution in [0.25, 0.3) is 0 Å². The molecule has 33 heavy (non-hydrogen) atoms. The fraction of sp³-hybridized carbons (Fsp3) is 0.478. The van der Waals surface area contributed by atoms with Crippen molar-refractivity contribution in [1.29, 1.82) is 0 Å². The predicted molar refractivity (Wildman–Crippen MR) is 124 cm³/mol. The highest BCUT2D eigenvalue weighted by molar-refractivity contribution is 5.93. The number of unbranched alkanes of at least 4 members (excludes halogenated alkanes) is 2. The summed E-state index contributed by atoms with van der Waals surface area (Å²) >= 11 is 0. The molecule has 0 radical (unpaired) electrons. The molecule has 10 nitrogen and oxygen atoms in total. The van der Waals surface area contributed by atoms with Gasteiger partial charge in [0.2, 0.25) is 5.91 Å². The molecule has 0 aromatic heterocycles. The van der Waals surface area contributed by atoms with E-state index in [4.69, 9.17) is 19.7 Å². The number of aliphatic hydroxyl groups excluding tert-OH is 1. The van der Waals surface area contributed by atoms with Gasteiger partial charge in [0, 0.05) is 18.8 Å². The van der Waals surface area contributed by atoms with E-state index in [-0.39, 0.29) is 31.4 Å². The molecular weight excluding hydrogens is 434 g/mol. The number of carboxylic acids is 1. The summed E-state index contributed by atoms with van der Waals surface area (Å²) in [4.78, 5) is 41.8. The molecule has 0 aromatic rings. The van der Waals surface area contributed by atoms with Gasteiger partial charge in [-0.2, -0.15) is 0 Å². The zero-order valence-corrected chi connectivity index (χ0v) is 19.5. The fourth-order valence-corrected chi connectivity index (χ4v) is 1.36. The standard InChI is InChI=1S/C10H14O4.C8H15NO2.C5H8O3/c1-3-4-7-14-10(13)8(2)5-6-9(11)12;1-3-5-6-11-7-9-8(10)4-2;1-2-5(7)8-4-3-6/h5-6H,2-4,7H2,1H3,(H,11,12);4H,2-3,5-7H2,1H3,(H,9,10);2,6H,1,3-4H2. The normalized spacial score (nSPS) is 9.30. The third kappa shape index (κ3) is 31.0. The van der Waals surface area contributed by atoms with Gasteiger partial charge in [-0.1, -0.05) is 46.4 Å². The van der Waals surface area contributed by atoms with Gasteiger partial charge in [-0.25, -0.2) is 14.4 Å². The summed E-state index contributed by atoms with van der Waals surface area (Å²) in [5.41, 5.74) is 0.0449. The van der Waals surface area contributed by atoms with E-state index in [1.807, 2.05) is 6.92 Å². The van der Waals surface area contributed by atoms with Crippen LogP contribution in [-0.2, 0) is 33.4 Å². The van der Waals surface area contributed by atoms with E-state index in [0.717, 1.165) is 43.9 Å². The Morgan fingerprint density at radius 1 is 0.909 bits per heavy atom. The summed E-state index contributed by atoms with van der Waals surface area (Å²) in [5.74, 6) is -2.39. The zero-order chi connectivity index (χ0) is 25.9. The Morgan fingerprint density at radius 2 is 1.52 bits per heavy atom. The summed E-state index contributed by atoms with van der Waals surface area (Å²) in [7, 11) is 0. The van der Waals surface area contributed by atoms with Gasteiger partial charge < -0.3 is 29.7 Å². The smallest absolute Gasteiger partial charge is 0.337 e. The summed E-state index contributed by atoms with van der Waals surface area (Å²) in [5, 5.41) is 18.9. The second-order valence-electron chi connectivity index (χ2n) is 5.93. The third-order valence-electron chi connectivity index (χ3n) is 3.10. The minimum atomic E-state index is -1.12. The van der Waals surface area contributed by atoms with Gasteiger partial charge in [0.15, 0.2) is 0 Å². The molecule has 0 saturated heterocycles. The lowest BCUT2D eigenvalue weighted by atomic mass is 10.3.